The highest BCUT2D eigenvalue weighted by Gasteiger charge is 2.23. The van der Waals surface area contributed by atoms with Gasteiger partial charge in [0.15, 0.2) is 0 Å². The van der Waals surface area contributed by atoms with E-state index in [0.717, 1.165) is 23.1 Å². The summed E-state index contributed by atoms with van der Waals surface area (Å²) in [7, 11) is 0. The van der Waals surface area contributed by atoms with Crippen molar-refractivity contribution in [1.29, 1.82) is 0 Å². The van der Waals surface area contributed by atoms with Gasteiger partial charge in [0.1, 0.15) is 5.82 Å². The van der Waals surface area contributed by atoms with Gasteiger partial charge < -0.3 is 5.73 Å². The highest BCUT2D eigenvalue weighted by molar-refractivity contribution is 9.10. The van der Waals surface area contributed by atoms with Gasteiger partial charge in [-0.25, -0.2) is 4.39 Å². The van der Waals surface area contributed by atoms with E-state index < -0.39 is 0 Å². The molecule has 1 unspecified atom stereocenters. The number of hydrogen-bond donors (Lipinski definition) is 1. The molecule has 0 saturated carbocycles. The van der Waals surface area contributed by atoms with Gasteiger partial charge in [0, 0.05) is 17.1 Å². The number of nitrogens with zero attached hydrogens (tertiary/aromatic N) is 1. The highest BCUT2D eigenvalue weighted by Crippen LogP contribution is 2.30. The molecule has 0 bridgehead atoms. The van der Waals surface area contributed by atoms with Gasteiger partial charge in [-0.2, -0.15) is 0 Å². The van der Waals surface area contributed by atoms with E-state index in [1.54, 1.807) is 0 Å². The van der Waals surface area contributed by atoms with E-state index in [0.29, 0.717) is 6.54 Å². The van der Waals surface area contributed by atoms with Crippen LogP contribution >= 0.6 is 15.9 Å². The zero-order valence-electron chi connectivity index (χ0n) is 9.13. The molecule has 0 radical (unpaired) electrons. The minimum atomic E-state index is -0.215. The summed E-state index contributed by atoms with van der Waals surface area (Å²) in [6.07, 6.45) is 2.46. The van der Waals surface area contributed by atoms with Crippen LogP contribution in [0.15, 0.2) is 22.7 Å². The summed E-state index contributed by atoms with van der Waals surface area (Å²) in [6.45, 7) is 2.75. The zero-order chi connectivity index (χ0) is 11.5. The van der Waals surface area contributed by atoms with E-state index in [4.69, 9.17) is 5.73 Å². The molecule has 0 aromatic heterocycles. The lowest BCUT2D eigenvalue weighted by Crippen LogP contribution is -2.31. The fourth-order valence-electron chi connectivity index (χ4n) is 2.30. The van der Waals surface area contributed by atoms with Crippen LogP contribution in [0, 0.1) is 5.82 Å². The number of likely N-dealkylation sites (tertiary alicyclic amines) is 1. The third kappa shape index (κ3) is 2.44. The largest absolute Gasteiger partial charge is 0.329 e. The minimum absolute atomic E-state index is 0.206. The molecule has 1 aliphatic heterocycles. The van der Waals surface area contributed by atoms with E-state index in [1.807, 2.05) is 6.07 Å². The number of nitrogens with two attached hydrogens (primary N) is 1. The van der Waals surface area contributed by atoms with Crippen LogP contribution in [-0.4, -0.2) is 24.5 Å². The van der Waals surface area contributed by atoms with Crippen LogP contribution < -0.4 is 5.73 Å². The quantitative estimate of drug-likeness (QED) is 0.926. The average Bonchev–Trinajstić information content (AvgIpc) is 2.75. The molecule has 0 amide bonds. The summed E-state index contributed by atoms with van der Waals surface area (Å²) >= 11 is 3.41. The average molecular weight is 287 g/mol. The molecular weight excluding hydrogens is 271 g/mol. The highest BCUT2D eigenvalue weighted by atomic mass is 79.9. The molecule has 16 heavy (non-hydrogen) atoms. The van der Waals surface area contributed by atoms with Gasteiger partial charge in [-0.3, -0.25) is 4.90 Å². The van der Waals surface area contributed by atoms with Crippen LogP contribution in [-0.2, 0) is 0 Å². The SMILES string of the molecule is NCC(c1ccc(F)cc1Br)N1CCCC1. The van der Waals surface area contributed by atoms with Crippen molar-refractivity contribution in [3.05, 3.63) is 34.1 Å². The molecule has 1 aromatic carbocycles. The van der Waals surface area contributed by atoms with Crippen molar-refractivity contribution >= 4 is 15.9 Å². The lowest BCUT2D eigenvalue weighted by atomic mass is 10.1. The van der Waals surface area contributed by atoms with E-state index in [9.17, 15) is 4.39 Å². The standard InChI is InChI=1S/C12H16BrFN2/c13-11-7-9(14)3-4-10(11)12(8-15)16-5-1-2-6-16/h3-4,7,12H,1-2,5-6,8,15H2. The van der Waals surface area contributed by atoms with E-state index >= 15 is 0 Å². The molecule has 0 spiro atoms. The van der Waals surface area contributed by atoms with Crippen LogP contribution in [0.1, 0.15) is 24.4 Å². The number of benzene rings is 1. The number of rotatable bonds is 3. The normalized spacial score (nSPS) is 18.9. The molecule has 2 rings (SSSR count). The Morgan fingerprint density at radius 3 is 2.62 bits per heavy atom. The van der Waals surface area contributed by atoms with Crippen molar-refractivity contribution < 1.29 is 4.39 Å². The van der Waals surface area contributed by atoms with Gasteiger partial charge >= 0.3 is 0 Å². The van der Waals surface area contributed by atoms with Crippen molar-refractivity contribution in [3.8, 4) is 0 Å². The molecule has 1 aromatic rings. The smallest absolute Gasteiger partial charge is 0.124 e. The second-order valence-electron chi connectivity index (χ2n) is 4.16. The molecule has 1 fully saturated rings. The summed E-state index contributed by atoms with van der Waals surface area (Å²) in [5, 5.41) is 0. The van der Waals surface area contributed by atoms with Crippen LogP contribution in [0.25, 0.3) is 0 Å². The first kappa shape index (κ1) is 12.0. The topological polar surface area (TPSA) is 29.3 Å². The Labute approximate surface area is 104 Å². The lowest BCUT2D eigenvalue weighted by Gasteiger charge is -2.27. The Bertz CT molecular complexity index is 364. The van der Waals surface area contributed by atoms with Crippen molar-refractivity contribution in [2.45, 2.75) is 18.9 Å². The third-order valence-corrected chi connectivity index (χ3v) is 3.81. The third-order valence-electron chi connectivity index (χ3n) is 3.13. The predicted molar refractivity (Wildman–Crippen MR) is 66.7 cm³/mol. The minimum Gasteiger partial charge on any atom is -0.329 e. The molecule has 4 heteroatoms. The summed E-state index contributed by atoms with van der Waals surface area (Å²) in [6, 6.07) is 5.04. The summed E-state index contributed by atoms with van der Waals surface area (Å²) in [5.74, 6) is -0.215. The van der Waals surface area contributed by atoms with Crippen molar-refractivity contribution in [2.24, 2.45) is 5.73 Å². The van der Waals surface area contributed by atoms with Crippen molar-refractivity contribution in [3.63, 3.8) is 0 Å². The van der Waals surface area contributed by atoms with E-state index in [2.05, 4.69) is 20.8 Å². The van der Waals surface area contributed by atoms with Gasteiger partial charge in [-0.05, 0) is 43.6 Å². The van der Waals surface area contributed by atoms with Crippen LogP contribution in [0.5, 0.6) is 0 Å². The van der Waals surface area contributed by atoms with Crippen molar-refractivity contribution in [1.82, 2.24) is 4.90 Å². The van der Waals surface area contributed by atoms with E-state index in [-0.39, 0.29) is 11.9 Å². The molecule has 0 aliphatic carbocycles. The summed E-state index contributed by atoms with van der Waals surface area (Å²) < 4.78 is 13.8. The fraction of sp³-hybridized carbons (Fsp3) is 0.500. The van der Waals surface area contributed by atoms with Gasteiger partial charge in [-0.1, -0.05) is 22.0 Å². The summed E-state index contributed by atoms with van der Waals surface area (Å²) in [5.41, 5.74) is 6.92. The molecule has 1 heterocycles. The van der Waals surface area contributed by atoms with Crippen LogP contribution in [0.4, 0.5) is 4.39 Å². The molecule has 2 N–H and O–H groups in total. The summed E-state index contributed by atoms with van der Waals surface area (Å²) in [4.78, 5) is 2.37. The van der Waals surface area contributed by atoms with Crippen molar-refractivity contribution in [2.75, 3.05) is 19.6 Å². The molecule has 1 atom stereocenters. The Kier molecular flexibility index (Phi) is 3.95. The second-order valence-corrected chi connectivity index (χ2v) is 5.01. The van der Waals surface area contributed by atoms with Gasteiger partial charge in [0.05, 0.1) is 0 Å². The predicted octanol–water partition coefficient (Wildman–Crippen LogP) is 2.68. The first-order valence-corrected chi connectivity index (χ1v) is 6.40. The fourth-order valence-corrected chi connectivity index (χ4v) is 2.91. The monoisotopic (exact) mass is 286 g/mol. The van der Waals surface area contributed by atoms with Gasteiger partial charge in [-0.15, -0.1) is 0 Å². The van der Waals surface area contributed by atoms with Crippen LogP contribution in [0.3, 0.4) is 0 Å². The second kappa shape index (κ2) is 5.25. The lowest BCUT2D eigenvalue weighted by molar-refractivity contribution is 0.250. The van der Waals surface area contributed by atoms with Gasteiger partial charge in [0.25, 0.3) is 0 Å². The maximum Gasteiger partial charge on any atom is 0.124 e. The number of hydrogen-bond acceptors (Lipinski definition) is 2. The zero-order valence-corrected chi connectivity index (χ0v) is 10.7. The first-order valence-electron chi connectivity index (χ1n) is 5.61. The number of halogens is 2. The molecular formula is C12H16BrFN2. The van der Waals surface area contributed by atoms with Gasteiger partial charge in [0.2, 0.25) is 0 Å². The van der Waals surface area contributed by atoms with Crippen LogP contribution in [0.2, 0.25) is 0 Å². The molecule has 2 nitrogen and oxygen atoms in total. The Hall–Kier alpha value is -0.450. The first-order chi connectivity index (χ1) is 7.72. The maximum absolute atomic E-state index is 13.0. The Balaban J connectivity index is 2.25. The maximum atomic E-state index is 13.0. The van der Waals surface area contributed by atoms with E-state index in [1.165, 1.54) is 25.0 Å². The molecule has 1 aliphatic rings. The molecule has 1 saturated heterocycles. The Morgan fingerprint density at radius 2 is 2.06 bits per heavy atom. The Morgan fingerprint density at radius 1 is 1.38 bits per heavy atom. The molecule has 88 valence electrons.